The molecule has 0 spiro atoms. The van der Waals surface area contributed by atoms with Gasteiger partial charge in [-0.2, -0.15) is 0 Å². The third-order valence-electron chi connectivity index (χ3n) is 3.74. The zero-order chi connectivity index (χ0) is 18.9. The number of unbranched alkanes of at least 4 members (excludes halogenated alkanes) is 1. The van der Waals surface area contributed by atoms with E-state index in [9.17, 15) is 0 Å². The summed E-state index contributed by atoms with van der Waals surface area (Å²) < 4.78 is 17.9. The van der Waals surface area contributed by atoms with E-state index in [0.29, 0.717) is 6.61 Å². The van der Waals surface area contributed by atoms with Crippen LogP contribution >= 0.6 is 0 Å². The van der Waals surface area contributed by atoms with Crippen LogP contribution in [0.3, 0.4) is 0 Å². The lowest BCUT2D eigenvalue weighted by molar-refractivity contribution is 0.0461. The van der Waals surface area contributed by atoms with Crippen LogP contribution < -0.4 is 4.74 Å². The molecule has 0 radical (unpaired) electrons. The zero-order valence-corrected chi connectivity index (χ0v) is 17.9. The Bertz CT molecular complexity index is 562. The highest BCUT2D eigenvalue weighted by molar-refractivity contribution is 6.72. The number of hydrogen-bond donors (Lipinski definition) is 0. The van der Waals surface area contributed by atoms with Crippen LogP contribution in [0, 0.1) is 11.8 Å². The first-order chi connectivity index (χ1) is 11.7. The average molecular weight is 363 g/mol. The van der Waals surface area contributed by atoms with E-state index in [1.807, 2.05) is 24.3 Å². The molecule has 3 nitrogen and oxygen atoms in total. The molecule has 0 N–H and O–H groups in total. The molecule has 0 bridgehead atoms. The second kappa shape index (κ2) is 10.0. The lowest BCUT2D eigenvalue weighted by Gasteiger charge is -2.37. The van der Waals surface area contributed by atoms with Gasteiger partial charge < -0.3 is 13.9 Å². The van der Waals surface area contributed by atoms with E-state index < -0.39 is 8.32 Å². The van der Waals surface area contributed by atoms with Crippen molar-refractivity contribution in [3.05, 3.63) is 29.8 Å². The molecule has 25 heavy (non-hydrogen) atoms. The summed E-state index contributed by atoms with van der Waals surface area (Å²) in [5, 5.41) is 0. The predicted octanol–water partition coefficient (Wildman–Crippen LogP) is 5.33. The quantitative estimate of drug-likeness (QED) is 0.462. The summed E-state index contributed by atoms with van der Waals surface area (Å²) in [6, 6.07) is 8.00. The Labute approximate surface area is 155 Å². The van der Waals surface area contributed by atoms with E-state index >= 15 is 0 Å². The van der Waals surface area contributed by atoms with Gasteiger partial charge in [-0.05, 0) is 58.0 Å². The minimum absolute atomic E-state index is 0.0400. The monoisotopic (exact) mass is 362 g/mol. The third kappa shape index (κ3) is 8.58. The van der Waals surface area contributed by atoms with Crippen molar-refractivity contribution in [2.45, 2.75) is 78.0 Å². The van der Waals surface area contributed by atoms with Crippen molar-refractivity contribution in [3.63, 3.8) is 0 Å². The molecule has 0 fully saturated rings. The van der Waals surface area contributed by atoms with Crippen molar-refractivity contribution >= 4 is 8.32 Å². The minimum atomic E-state index is -2.05. The van der Waals surface area contributed by atoms with Gasteiger partial charge in [-0.15, -0.1) is 11.8 Å². The van der Waals surface area contributed by atoms with Crippen molar-refractivity contribution < 1.29 is 13.9 Å². The van der Waals surface area contributed by atoms with Crippen molar-refractivity contribution in [2.24, 2.45) is 0 Å². The van der Waals surface area contributed by atoms with Gasteiger partial charge in [-0.1, -0.05) is 19.1 Å². The lowest BCUT2D eigenvalue weighted by atomic mass is 10.2. The fraction of sp³-hybridized carbons (Fsp3) is 0.619. The Morgan fingerprint density at radius 3 is 2.24 bits per heavy atom. The van der Waals surface area contributed by atoms with Crippen LogP contribution in [0.25, 0.3) is 0 Å². The number of methoxy groups -OCH3 is 1. The largest absolute Gasteiger partial charge is 0.497 e. The van der Waals surface area contributed by atoms with Crippen molar-refractivity contribution in [2.75, 3.05) is 7.11 Å². The smallest absolute Gasteiger partial charge is 0.216 e. The van der Waals surface area contributed by atoms with E-state index in [2.05, 4.69) is 52.6 Å². The van der Waals surface area contributed by atoms with Crippen molar-refractivity contribution in [1.29, 1.82) is 0 Å². The summed E-state index contributed by atoms with van der Waals surface area (Å²) >= 11 is 0. The van der Waals surface area contributed by atoms with Gasteiger partial charge in [-0.25, -0.2) is 0 Å². The van der Waals surface area contributed by atoms with Crippen LogP contribution in [0.15, 0.2) is 24.3 Å². The highest BCUT2D eigenvalue weighted by atomic mass is 28.4. The van der Waals surface area contributed by atoms with E-state index in [-0.39, 0.29) is 11.3 Å². The number of benzene rings is 1. The molecule has 0 aromatic heterocycles. The molecule has 1 aromatic carbocycles. The molecular formula is C21H34O3Si. The van der Waals surface area contributed by atoms with Crippen molar-refractivity contribution in [1.82, 2.24) is 0 Å². The molecule has 1 aromatic rings. The molecule has 0 aliphatic heterocycles. The topological polar surface area (TPSA) is 27.7 Å². The summed E-state index contributed by atoms with van der Waals surface area (Å²) in [6.07, 6.45) is 2.75. The highest BCUT2D eigenvalue weighted by Crippen LogP contribution is 2.24. The summed E-state index contributed by atoms with van der Waals surface area (Å²) in [4.78, 5) is 0. The Morgan fingerprint density at radius 1 is 1.08 bits per heavy atom. The lowest BCUT2D eigenvalue weighted by Crippen LogP contribution is -2.50. The van der Waals surface area contributed by atoms with Crippen LogP contribution in [0.4, 0.5) is 0 Å². The van der Waals surface area contributed by atoms with Crippen molar-refractivity contribution in [3.8, 4) is 17.6 Å². The summed E-state index contributed by atoms with van der Waals surface area (Å²) in [6.45, 7) is 13.5. The molecule has 4 heteroatoms. The third-order valence-corrected chi connectivity index (χ3v) is 6.80. The zero-order valence-electron chi connectivity index (χ0n) is 16.9. The SMILES string of the molecule is CCCC#CC[C@@H](OCc1ccc(OC)cc1)[Si](C)(C)OC(C)(C)C. The molecule has 0 heterocycles. The highest BCUT2D eigenvalue weighted by Gasteiger charge is 2.37. The Balaban J connectivity index is 2.80. The fourth-order valence-electron chi connectivity index (χ4n) is 2.66. The van der Waals surface area contributed by atoms with Crippen LogP contribution in [0.2, 0.25) is 13.1 Å². The average Bonchev–Trinajstić information content (AvgIpc) is 2.52. The molecule has 0 unspecified atom stereocenters. The van der Waals surface area contributed by atoms with Crippen LogP contribution in [-0.4, -0.2) is 26.8 Å². The summed E-state index contributed by atoms with van der Waals surface area (Å²) in [7, 11) is -0.374. The predicted molar refractivity (Wildman–Crippen MR) is 107 cm³/mol. The molecule has 1 atom stereocenters. The van der Waals surface area contributed by atoms with Gasteiger partial charge in [0.2, 0.25) is 8.32 Å². The first-order valence-electron chi connectivity index (χ1n) is 9.08. The van der Waals surface area contributed by atoms with Crippen LogP contribution in [0.1, 0.15) is 52.5 Å². The molecule has 0 aliphatic carbocycles. The van der Waals surface area contributed by atoms with Gasteiger partial charge in [0.15, 0.2) is 0 Å². The first-order valence-corrected chi connectivity index (χ1v) is 12.1. The maximum Gasteiger partial charge on any atom is 0.216 e. The molecular weight excluding hydrogens is 328 g/mol. The summed E-state index contributed by atoms with van der Waals surface area (Å²) in [5.74, 6) is 7.38. The maximum absolute atomic E-state index is 6.40. The molecule has 0 aliphatic rings. The van der Waals surface area contributed by atoms with E-state index in [1.54, 1.807) is 7.11 Å². The molecule has 0 saturated carbocycles. The second-order valence-corrected chi connectivity index (χ2v) is 11.8. The van der Waals surface area contributed by atoms with E-state index in [1.165, 1.54) is 0 Å². The summed E-state index contributed by atoms with van der Waals surface area (Å²) in [5.41, 5.74) is 1.000. The second-order valence-electron chi connectivity index (χ2n) is 7.77. The number of hydrogen-bond acceptors (Lipinski definition) is 3. The molecule has 0 saturated heterocycles. The molecule has 0 amide bonds. The Hall–Kier alpha value is -1.28. The Kier molecular flexibility index (Phi) is 8.71. The number of ether oxygens (including phenoxy) is 2. The first kappa shape index (κ1) is 21.8. The van der Waals surface area contributed by atoms with E-state index in [4.69, 9.17) is 13.9 Å². The van der Waals surface area contributed by atoms with Crippen LogP contribution in [0.5, 0.6) is 5.75 Å². The van der Waals surface area contributed by atoms with Gasteiger partial charge in [0, 0.05) is 18.4 Å². The van der Waals surface area contributed by atoms with Gasteiger partial charge in [0.1, 0.15) is 5.75 Å². The molecule has 1 rings (SSSR count). The Morgan fingerprint density at radius 2 is 1.72 bits per heavy atom. The normalized spacial score (nSPS) is 13.1. The fourth-order valence-corrected chi connectivity index (χ4v) is 5.45. The van der Waals surface area contributed by atoms with Gasteiger partial charge >= 0.3 is 0 Å². The van der Waals surface area contributed by atoms with Crippen LogP contribution in [-0.2, 0) is 15.8 Å². The minimum Gasteiger partial charge on any atom is -0.497 e. The van der Waals surface area contributed by atoms with Gasteiger partial charge in [0.25, 0.3) is 0 Å². The van der Waals surface area contributed by atoms with E-state index in [0.717, 1.165) is 30.6 Å². The van der Waals surface area contributed by atoms with Gasteiger partial charge in [0.05, 0.1) is 19.4 Å². The maximum atomic E-state index is 6.40. The number of rotatable bonds is 8. The molecule has 140 valence electrons. The standard InChI is InChI=1S/C21H34O3Si/c1-8-9-10-11-12-20(25(6,7)24-21(2,3)4)23-17-18-13-15-19(22-5)16-14-18/h13-16,20H,8-9,12,17H2,1-7H3/t20-/m0/s1. The van der Waals surface area contributed by atoms with Gasteiger partial charge in [-0.3, -0.25) is 0 Å².